The molecule has 12 aromatic carbocycles. The molecule has 0 N–H and O–H groups in total. The number of rotatable bonds is 8. The van der Waals surface area contributed by atoms with Crippen LogP contribution >= 0.6 is 0 Å². The molecule has 0 spiro atoms. The lowest BCUT2D eigenvalue weighted by atomic mass is 9.59. The number of hydrogen-bond acceptors (Lipinski definition) is 4. The molecule has 3 aromatic heterocycles. The van der Waals surface area contributed by atoms with E-state index in [1.165, 1.54) is 0 Å². The highest BCUT2D eigenvalue weighted by atomic mass is 16.3. The molecule has 0 fully saturated rings. The predicted octanol–water partition coefficient (Wildman–Crippen LogP) is 19.3. The van der Waals surface area contributed by atoms with Crippen LogP contribution in [0.2, 0.25) is 0 Å². The lowest BCUT2D eigenvalue weighted by Crippen LogP contribution is -2.38. The van der Waals surface area contributed by atoms with E-state index in [2.05, 4.69) is 246 Å². The lowest BCUT2D eigenvalue weighted by Gasteiger charge is -2.42. The summed E-state index contributed by atoms with van der Waals surface area (Å²) in [6.07, 6.45) is 0. The van der Waals surface area contributed by atoms with E-state index in [1.807, 2.05) is 42.5 Å². The van der Waals surface area contributed by atoms with Crippen molar-refractivity contribution in [1.82, 2.24) is 4.57 Å². The zero-order valence-electron chi connectivity index (χ0n) is 42.7. The highest BCUT2D eigenvalue weighted by Gasteiger charge is 2.46. The van der Waals surface area contributed by atoms with Crippen LogP contribution in [0.25, 0.3) is 93.6 Å². The molecule has 1 aliphatic rings. The van der Waals surface area contributed by atoms with Crippen LogP contribution in [0.1, 0.15) is 38.2 Å². The van der Waals surface area contributed by atoms with Gasteiger partial charge in [-0.3, -0.25) is 4.79 Å². The third-order valence-corrected chi connectivity index (χ3v) is 16.5. The zero-order chi connectivity index (χ0) is 52.2. The number of anilines is 3. The fraction of sp³-hybridized carbons (Fsp3) is 0.0135. The first-order valence-electron chi connectivity index (χ1n) is 26.8. The number of carbonyl (C=O) groups is 1. The number of aromatic nitrogens is 1. The maximum absolute atomic E-state index is 14.6. The van der Waals surface area contributed by atoms with E-state index < -0.39 is 5.41 Å². The normalized spacial score (nSPS) is 12.9. The molecule has 0 unspecified atom stereocenters. The van der Waals surface area contributed by atoms with Gasteiger partial charge >= 0.3 is 0 Å². The number of furan rings is 2. The van der Waals surface area contributed by atoms with Crippen LogP contribution in [0.3, 0.4) is 0 Å². The van der Waals surface area contributed by atoms with Crippen LogP contribution < -0.4 is 4.90 Å². The second kappa shape index (κ2) is 17.5. The number of benzene rings is 12. The van der Waals surface area contributed by atoms with E-state index in [4.69, 9.17) is 8.83 Å². The molecule has 5 nitrogen and oxygen atoms in total. The summed E-state index contributed by atoms with van der Waals surface area (Å²) >= 11 is 0. The van der Waals surface area contributed by atoms with Crippen molar-refractivity contribution in [2.45, 2.75) is 5.41 Å². The molecule has 0 aliphatic heterocycles. The van der Waals surface area contributed by atoms with E-state index in [0.29, 0.717) is 5.56 Å². The summed E-state index contributed by atoms with van der Waals surface area (Å²) in [5, 5.41) is 6.45. The fourth-order valence-electron chi connectivity index (χ4n) is 13.0. The minimum Gasteiger partial charge on any atom is -0.454 e. The van der Waals surface area contributed by atoms with Gasteiger partial charge in [0.15, 0.2) is 16.9 Å². The molecule has 3 heterocycles. The third kappa shape index (κ3) is 6.73. The molecule has 5 heteroatoms. The average molecular weight is 1010 g/mol. The maximum atomic E-state index is 14.6. The lowest BCUT2D eigenvalue weighted by molar-refractivity contribution is 0.103. The van der Waals surface area contributed by atoms with Crippen molar-refractivity contribution in [3.63, 3.8) is 0 Å². The molecular weight excluding hydrogens is 965 g/mol. The van der Waals surface area contributed by atoms with Crippen LogP contribution in [0.15, 0.2) is 288 Å². The Morgan fingerprint density at radius 2 is 0.823 bits per heavy atom. The Morgan fingerprint density at radius 3 is 1.47 bits per heavy atom. The maximum Gasteiger partial charge on any atom is 0.193 e. The molecule has 370 valence electrons. The van der Waals surface area contributed by atoms with Gasteiger partial charge in [-0.1, -0.05) is 200 Å². The van der Waals surface area contributed by atoms with Gasteiger partial charge in [0.05, 0.1) is 27.8 Å². The molecule has 0 saturated heterocycles. The van der Waals surface area contributed by atoms with Gasteiger partial charge < -0.3 is 18.3 Å². The molecule has 0 saturated carbocycles. The van der Waals surface area contributed by atoms with Crippen molar-refractivity contribution in [1.29, 1.82) is 0 Å². The monoisotopic (exact) mass is 1010 g/mol. The van der Waals surface area contributed by atoms with Crippen molar-refractivity contribution in [2.24, 2.45) is 0 Å². The van der Waals surface area contributed by atoms with Gasteiger partial charge in [0.2, 0.25) is 0 Å². The smallest absolute Gasteiger partial charge is 0.193 e. The summed E-state index contributed by atoms with van der Waals surface area (Å²) in [4.78, 5) is 16.9. The van der Waals surface area contributed by atoms with Gasteiger partial charge in [0.25, 0.3) is 0 Å². The quantitative estimate of drug-likeness (QED) is 0.152. The summed E-state index contributed by atoms with van der Waals surface area (Å²) < 4.78 is 16.0. The largest absolute Gasteiger partial charge is 0.454 e. The Morgan fingerprint density at radius 1 is 0.342 bits per heavy atom. The predicted molar refractivity (Wildman–Crippen MR) is 323 cm³/mol. The van der Waals surface area contributed by atoms with E-state index in [0.717, 1.165) is 139 Å². The fourth-order valence-corrected chi connectivity index (χ4v) is 13.0. The first-order chi connectivity index (χ1) is 39.1. The topological polar surface area (TPSA) is 51.5 Å². The Balaban J connectivity index is 0.888. The second-order valence-electron chi connectivity index (χ2n) is 20.6. The molecule has 79 heavy (non-hydrogen) atoms. The summed E-state index contributed by atoms with van der Waals surface area (Å²) in [5.74, 6) is 0.0424. The van der Waals surface area contributed by atoms with Crippen LogP contribution in [-0.4, -0.2) is 10.4 Å². The van der Waals surface area contributed by atoms with Gasteiger partial charge in [0.1, 0.15) is 11.2 Å². The van der Waals surface area contributed by atoms with Crippen molar-refractivity contribution >= 4 is 88.5 Å². The molecule has 16 rings (SSSR count). The Bertz CT molecular complexity index is 4780. The van der Waals surface area contributed by atoms with Crippen molar-refractivity contribution in [3.8, 4) is 27.9 Å². The molecule has 0 atom stereocenters. The Hall–Kier alpha value is -10.5. The minimum atomic E-state index is -0.737. The summed E-state index contributed by atoms with van der Waals surface area (Å²) in [6.45, 7) is 0. The summed E-state index contributed by atoms with van der Waals surface area (Å²) in [6, 6.07) is 98.4. The van der Waals surface area contributed by atoms with E-state index in [-0.39, 0.29) is 5.78 Å². The van der Waals surface area contributed by atoms with Crippen LogP contribution in [0.5, 0.6) is 0 Å². The van der Waals surface area contributed by atoms with Crippen molar-refractivity contribution in [3.05, 3.63) is 312 Å². The first kappa shape index (κ1) is 44.8. The number of nitrogens with zero attached hydrogens (tertiary/aromatic N) is 2. The van der Waals surface area contributed by atoms with Crippen LogP contribution in [0.4, 0.5) is 17.1 Å². The van der Waals surface area contributed by atoms with E-state index in [1.54, 1.807) is 0 Å². The minimum absolute atomic E-state index is 0.0424. The highest BCUT2D eigenvalue weighted by molar-refractivity contribution is 6.17. The third-order valence-electron chi connectivity index (χ3n) is 16.5. The number of ketones is 1. The van der Waals surface area contributed by atoms with Crippen molar-refractivity contribution in [2.75, 3.05) is 4.90 Å². The molecule has 1 aliphatic carbocycles. The van der Waals surface area contributed by atoms with Gasteiger partial charge in [-0.2, -0.15) is 0 Å². The first-order valence-corrected chi connectivity index (χ1v) is 26.8. The molecule has 0 radical (unpaired) electrons. The Labute approximate surface area is 455 Å². The Kier molecular flexibility index (Phi) is 9.94. The summed E-state index contributed by atoms with van der Waals surface area (Å²) in [5.41, 5.74) is 18.5. The second-order valence-corrected chi connectivity index (χ2v) is 20.6. The van der Waals surface area contributed by atoms with E-state index >= 15 is 0 Å². The number of para-hydroxylation sites is 5. The van der Waals surface area contributed by atoms with Crippen LogP contribution in [-0.2, 0) is 5.41 Å². The van der Waals surface area contributed by atoms with Gasteiger partial charge in [-0.05, 0) is 123 Å². The molecule has 0 amide bonds. The zero-order valence-corrected chi connectivity index (χ0v) is 42.7. The van der Waals surface area contributed by atoms with Crippen LogP contribution in [0, 0.1) is 0 Å². The van der Waals surface area contributed by atoms with Gasteiger partial charge in [-0.15, -0.1) is 0 Å². The van der Waals surface area contributed by atoms with Gasteiger partial charge in [-0.25, -0.2) is 0 Å². The SMILES string of the molecule is O=C1c2ccccc2C(c2ccccc2)(c2ccccc2)c2cc(-c3cccc(-c4ccc5c(c4)c4cc(N(c6cccc7c6oc6ccccc67)c6cccc7c6oc6ccccc67)ccc4n5-c4ccccc4)c3)ccc21. The number of fused-ring (bicyclic) bond motifs is 11. The standard InChI is InChI=1S/C74H46N2O3/c77-71-59-29-10-13-32-63(59)74(51-21-4-1-5-22-51,52-23-6-2-7-24-52)64-45-50(37-40-60(64)71)48-20-16-19-47(43-48)49-38-41-65-61(44-49)62-46-54(39-42-66(62)75(65)53-25-8-3-9-26-53)76(67-33-17-30-57-55-27-11-14-35-69(55)78-72(57)67)68-34-18-31-58-56-28-12-15-36-70(56)79-73(58)68/h1-46H. The highest BCUT2D eigenvalue weighted by Crippen LogP contribution is 2.52. The number of hydrogen-bond donors (Lipinski definition) is 0. The van der Waals surface area contributed by atoms with Gasteiger partial charge in [0, 0.05) is 54.8 Å². The molecular formula is C74H46N2O3. The molecule has 15 aromatic rings. The molecule has 0 bridgehead atoms. The summed E-state index contributed by atoms with van der Waals surface area (Å²) in [7, 11) is 0. The van der Waals surface area contributed by atoms with E-state index in [9.17, 15) is 4.79 Å². The number of carbonyl (C=O) groups excluding carboxylic acids is 1. The average Bonchev–Trinajstić information content (AvgIpc) is 4.22. The van der Waals surface area contributed by atoms with Crippen molar-refractivity contribution < 1.29 is 13.6 Å².